The van der Waals surface area contributed by atoms with E-state index in [2.05, 4.69) is 10.1 Å². The van der Waals surface area contributed by atoms with E-state index >= 15 is 0 Å². The lowest BCUT2D eigenvalue weighted by Crippen LogP contribution is -2.49. The molecule has 1 atom stereocenters. The summed E-state index contributed by atoms with van der Waals surface area (Å²) < 4.78 is 5.35. The molecule has 10 nitrogen and oxygen atoms in total. The van der Waals surface area contributed by atoms with Gasteiger partial charge in [-0.3, -0.25) is 10.1 Å². The maximum absolute atomic E-state index is 12.5. The van der Waals surface area contributed by atoms with E-state index in [1.165, 1.54) is 24.3 Å². The number of hydrogen-bond acceptors (Lipinski definition) is 9. The number of hydrogen-bond donors (Lipinski definition) is 0. The highest BCUT2D eigenvalue weighted by Crippen LogP contribution is 2.31. The highest BCUT2D eigenvalue weighted by atomic mass is 32.1. The number of carbonyl (C=O) groups is 1. The van der Waals surface area contributed by atoms with Gasteiger partial charge in [0.25, 0.3) is 5.69 Å². The topological polar surface area (TPSA) is 110 Å². The van der Waals surface area contributed by atoms with Gasteiger partial charge in [-0.25, -0.2) is 9.78 Å². The first-order chi connectivity index (χ1) is 16.6. The number of ether oxygens (including phenoxy) is 1. The van der Waals surface area contributed by atoms with E-state index in [-0.39, 0.29) is 17.5 Å². The van der Waals surface area contributed by atoms with Crippen molar-refractivity contribution in [1.82, 2.24) is 9.88 Å². The van der Waals surface area contributed by atoms with Gasteiger partial charge >= 0.3 is 6.09 Å². The summed E-state index contributed by atoms with van der Waals surface area (Å²) in [6.07, 6.45) is 0.111. The molecule has 0 radical (unpaired) electrons. The zero-order valence-electron chi connectivity index (χ0n) is 18.1. The molecule has 1 saturated heterocycles. The Labute approximate surface area is 199 Å². The Kier molecular flexibility index (Phi) is 6.09. The van der Waals surface area contributed by atoms with Crippen LogP contribution in [-0.4, -0.2) is 52.8 Å². The molecule has 0 saturated carbocycles. The lowest BCUT2D eigenvalue weighted by molar-refractivity contribution is -0.384. The minimum atomic E-state index is -0.497. The molecule has 0 aliphatic carbocycles. The molecule has 2 aliphatic heterocycles. The first kappa shape index (κ1) is 21.8. The minimum absolute atomic E-state index is 0.0538. The number of nitro groups is 1. The number of aromatic nitrogens is 1. The smallest absolute Gasteiger partial charge is 0.410 e. The SMILES string of the molecule is O=C(Oc1ccc([N+](=O)[O-])cc1)N1CCN(c2nc(C3=NOC(c4ccccc4)C3)cs2)CC1. The number of rotatable bonds is 5. The molecule has 0 bridgehead atoms. The Morgan fingerprint density at radius 3 is 2.53 bits per heavy atom. The third-order valence-electron chi connectivity index (χ3n) is 5.69. The second kappa shape index (κ2) is 9.48. The van der Waals surface area contributed by atoms with Gasteiger partial charge in [-0.2, -0.15) is 0 Å². The maximum atomic E-state index is 12.5. The summed E-state index contributed by atoms with van der Waals surface area (Å²) >= 11 is 1.54. The van der Waals surface area contributed by atoms with Crippen LogP contribution < -0.4 is 9.64 Å². The van der Waals surface area contributed by atoms with E-state index < -0.39 is 11.0 Å². The van der Waals surface area contributed by atoms with Gasteiger partial charge in [-0.15, -0.1) is 11.3 Å². The van der Waals surface area contributed by atoms with Crippen LogP contribution >= 0.6 is 11.3 Å². The summed E-state index contributed by atoms with van der Waals surface area (Å²) in [6.45, 7) is 2.22. The van der Waals surface area contributed by atoms with Gasteiger partial charge in [0.2, 0.25) is 0 Å². The van der Waals surface area contributed by atoms with Crippen molar-refractivity contribution in [1.29, 1.82) is 0 Å². The Morgan fingerprint density at radius 2 is 1.82 bits per heavy atom. The average molecular weight is 480 g/mol. The summed E-state index contributed by atoms with van der Waals surface area (Å²) in [5.74, 6) is 0.274. The fraction of sp³-hybridized carbons (Fsp3) is 0.261. The van der Waals surface area contributed by atoms with Crippen molar-refractivity contribution < 1.29 is 19.3 Å². The van der Waals surface area contributed by atoms with Crippen molar-refractivity contribution in [3.8, 4) is 5.75 Å². The van der Waals surface area contributed by atoms with Crippen molar-refractivity contribution >= 4 is 34.0 Å². The van der Waals surface area contributed by atoms with Crippen LogP contribution in [0.1, 0.15) is 23.8 Å². The first-order valence-electron chi connectivity index (χ1n) is 10.8. The van der Waals surface area contributed by atoms with Crippen molar-refractivity contribution in [2.45, 2.75) is 12.5 Å². The highest BCUT2D eigenvalue weighted by Gasteiger charge is 2.28. The zero-order valence-corrected chi connectivity index (χ0v) is 18.9. The summed E-state index contributed by atoms with van der Waals surface area (Å²) in [5.41, 5.74) is 2.69. The number of nitrogens with zero attached hydrogens (tertiary/aromatic N) is 5. The number of anilines is 1. The van der Waals surface area contributed by atoms with Gasteiger partial charge in [0, 0.05) is 50.1 Å². The molecule has 11 heteroatoms. The molecule has 2 aliphatic rings. The third-order valence-corrected chi connectivity index (χ3v) is 6.59. The highest BCUT2D eigenvalue weighted by molar-refractivity contribution is 7.14. The minimum Gasteiger partial charge on any atom is -0.410 e. The van der Waals surface area contributed by atoms with E-state index in [1.54, 1.807) is 16.2 Å². The van der Waals surface area contributed by atoms with Crippen LogP contribution in [0.3, 0.4) is 0 Å². The number of benzene rings is 2. The van der Waals surface area contributed by atoms with E-state index in [0.717, 1.165) is 22.1 Å². The quantitative estimate of drug-likeness (QED) is 0.398. The molecule has 1 amide bonds. The molecule has 0 spiro atoms. The number of non-ortho nitro benzene ring substituents is 1. The average Bonchev–Trinajstić information content (AvgIpc) is 3.55. The number of nitro benzene ring substituents is 1. The van der Waals surface area contributed by atoms with Gasteiger partial charge in [0.15, 0.2) is 11.2 Å². The number of thiazole rings is 1. The number of amides is 1. The second-order valence-corrected chi connectivity index (χ2v) is 8.69. The monoisotopic (exact) mass is 479 g/mol. The van der Waals surface area contributed by atoms with Crippen molar-refractivity contribution in [2.75, 3.05) is 31.1 Å². The molecule has 1 aromatic heterocycles. The summed E-state index contributed by atoms with van der Waals surface area (Å²) in [4.78, 5) is 36.8. The van der Waals surface area contributed by atoms with Crippen LogP contribution in [-0.2, 0) is 4.84 Å². The van der Waals surface area contributed by atoms with Crippen LogP contribution in [0.4, 0.5) is 15.6 Å². The molecule has 1 fully saturated rings. The molecule has 174 valence electrons. The van der Waals surface area contributed by atoms with E-state index in [9.17, 15) is 14.9 Å². The fourth-order valence-corrected chi connectivity index (χ4v) is 4.69. The maximum Gasteiger partial charge on any atom is 0.415 e. The van der Waals surface area contributed by atoms with Crippen LogP contribution in [0.5, 0.6) is 5.75 Å². The summed E-state index contributed by atoms with van der Waals surface area (Å²) in [7, 11) is 0. The third kappa shape index (κ3) is 4.69. The molecular formula is C23H21N5O5S. The van der Waals surface area contributed by atoms with E-state index in [4.69, 9.17) is 14.6 Å². The Bertz CT molecular complexity index is 1210. The molecule has 3 heterocycles. The molecule has 5 rings (SSSR count). The normalized spacial score (nSPS) is 17.8. The van der Waals surface area contributed by atoms with Gasteiger partial charge in [-0.05, 0) is 17.7 Å². The van der Waals surface area contributed by atoms with Crippen LogP contribution in [0, 0.1) is 10.1 Å². The lowest BCUT2D eigenvalue weighted by atomic mass is 10.0. The van der Waals surface area contributed by atoms with Gasteiger partial charge < -0.3 is 19.4 Å². The van der Waals surface area contributed by atoms with Gasteiger partial charge in [-0.1, -0.05) is 35.5 Å². The van der Waals surface area contributed by atoms with Crippen molar-refractivity contribution in [3.05, 3.63) is 81.3 Å². The molecule has 0 N–H and O–H groups in total. The first-order valence-corrected chi connectivity index (χ1v) is 11.6. The largest absolute Gasteiger partial charge is 0.415 e. The summed E-state index contributed by atoms with van der Waals surface area (Å²) in [6, 6.07) is 15.5. The number of carbonyl (C=O) groups excluding carboxylic acids is 1. The Morgan fingerprint density at radius 1 is 1.09 bits per heavy atom. The summed E-state index contributed by atoms with van der Waals surface area (Å²) in [5, 5.41) is 17.9. The molecule has 1 unspecified atom stereocenters. The van der Waals surface area contributed by atoms with Crippen molar-refractivity contribution in [3.63, 3.8) is 0 Å². The zero-order chi connectivity index (χ0) is 23.5. The van der Waals surface area contributed by atoms with Crippen LogP contribution in [0.15, 0.2) is 65.1 Å². The Hall–Kier alpha value is -3.99. The standard InChI is InChI=1S/C23H21N5O5S/c29-23(32-18-8-6-17(7-9-18)28(30)31)27-12-10-26(11-13-27)22-24-20(15-34-22)19-14-21(33-25-19)16-4-2-1-3-5-16/h1-9,15,21H,10-14H2. The van der Waals surface area contributed by atoms with Crippen molar-refractivity contribution in [2.24, 2.45) is 5.16 Å². The molecule has 34 heavy (non-hydrogen) atoms. The Balaban J connectivity index is 1.14. The van der Waals surface area contributed by atoms with Crippen LogP contribution in [0.25, 0.3) is 0 Å². The van der Waals surface area contributed by atoms with Crippen LogP contribution in [0.2, 0.25) is 0 Å². The van der Waals surface area contributed by atoms with Gasteiger partial charge in [0.05, 0.1) is 4.92 Å². The van der Waals surface area contributed by atoms with E-state index in [1.807, 2.05) is 35.7 Å². The number of oxime groups is 1. The van der Waals surface area contributed by atoms with E-state index in [0.29, 0.717) is 32.6 Å². The molecule has 2 aromatic carbocycles. The molecular weight excluding hydrogens is 458 g/mol. The van der Waals surface area contributed by atoms with Gasteiger partial charge in [0.1, 0.15) is 17.2 Å². The fourth-order valence-electron chi connectivity index (χ4n) is 3.80. The predicted octanol–water partition coefficient (Wildman–Crippen LogP) is 4.24. The lowest BCUT2D eigenvalue weighted by Gasteiger charge is -2.33. The second-order valence-electron chi connectivity index (χ2n) is 7.86. The number of piperazine rings is 1. The molecule has 3 aromatic rings. The predicted molar refractivity (Wildman–Crippen MR) is 126 cm³/mol.